The van der Waals surface area contributed by atoms with Gasteiger partial charge in [-0.1, -0.05) is 42.5 Å². The molecule has 2 atom stereocenters. The van der Waals surface area contributed by atoms with E-state index in [1.165, 1.54) is 0 Å². The van der Waals surface area contributed by atoms with Crippen molar-refractivity contribution in [2.45, 2.75) is 44.2 Å². The Labute approximate surface area is 169 Å². The highest BCUT2D eigenvalue weighted by Gasteiger charge is 2.56. The van der Waals surface area contributed by atoms with Crippen molar-refractivity contribution in [3.05, 3.63) is 65.2 Å². The van der Waals surface area contributed by atoms with Crippen LogP contribution in [0.3, 0.4) is 0 Å². The van der Waals surface area contributed by atoms with E-state index < -0.39 is 17.6 Å². The second-order valence-electron chi connectivity index (χ2n) is 8.07. The highest BCUT2D eigenvalue weighted by molar-refractivity contribution is 6.12. The van der Waals surface area contributed by atoms with Crippen LogP contribution in [0.25, 0.3) is 0 Å². The number of hydrogen-bond acceptors (Lipinski definition) is 3. The largest absolute Gasteiger partial charge is 0.326 e. The minimum absolute atomic E-state index is 0.223. The van der Waals surface area contributed by atoms with Crippen molar-refractivity contribution in [3.8, 4) is 0 Å². The lowest BCUT2D eigenvalue weighted by Gasteiger charge is -2.34. The van der Waals surface area contributed by atoms with Crippen LogP contribution in [0, 0.1) is 0 Å². The topological polar surface area (TPSA) is 69.7 Å². The maximum absolute atomic E-state index is 13.5. The number of aryl methyl sites for hydroxylation is 1. The van der Waals surface area contributed by atoms with E-state index in [9.17, 15) is 14.4 Å². The molecule has 2 aliphatic heterocycles. The van der Waals surface area contributed by atoms with E-state index in [1.807, 2.05) is 48.5 Å². The number of nitrogens with one attached hydrogen (secondary N) is 1. The molecule has 0 radical (unpaired) electrons. The van der Waals surface area contributed by atoms with Gasteiger partial charge in [0, 0.05) is 12.2 Å². The molecule has 2 unspecified atom stereocenters. The maximum Gasteiger partial charge on any atom is 0.326 e. The first-order valence-electron chi connectivity index (χ1n) is 10.2. The highest BCUT2D eigenvalue weighted by Crippen LogP contribution is 2.40. The third kappa shape index (κ3) is 2.51. The van der Waals surface area contributed by atoms with E-state index in [4.69, 9.17) is 0 Å². The van der Waals surface area contributed by atoms with E-state index in [2.05, 4.69) is 5.32 Å². The second kappa shape index (κ2) is 6.44. The second-order valence-corrected chi connectivity index (χ2v) is 8.07. The number of carbonyl (C=O) groups excluding carboxylic acids is 3. The van der Waals surface area contributed by atoms with Crippen LogP contribution < -0.4 is 10.2 Å². The van der Waals surface area contributed by atoms with Gasteiger partial charge in [0.15, 0.2) is 0 Å². The van der Waals surface area contributed by atoms with E-state index in [0.29, 0.717) is 13.0 Å². The van der Waals surface area contributed by atoms with Crippen LogP contribution in [-0.4, -0.2) is 35.3 Å². The molecule has 1 aliphatic carbocycles. The number of benzene rings is 2. The third-order valence-corrected chi connectivity index (χ3v) is 6.50. The molecule has 1 fully saturated rings. The van der Waals surface area contributed by atoms with Crippen LogP contribution in [0.5, 0.6) is 0 Å². The first-order valence-corrected chi connectivity index (χ1v) is 10.2. The number of fused-ring (bicyclic) bond motifs is 3. The average molecular weight is 389 g/mol. The zero-order chi connectivity index (χ0) is 20.2. The van der Waals surface area contributed by atoms with Crippen molar-refractivity contribution in [3.63, 3.8) is 0 Å². The van der Waals surface area contributed by atoms with Crippen LogP contribution in [0.1, 0.15) is 36.5 Å². The zero-order valence-electron chi connectivity index (χ0n) is 16.4. The van der Waals surface area contributed by atoms with Gasteiger partial charge < -0.3 is 10.2 Å². The van der Waals surface area contributed by atoms with Gasteiger partial charge in [-0.2, -0.15) is 0 Å². The Morgan fingerprint density at radius 3 is 2.59 bits per heavy atom. The van der Waals surface area contributed by atoms with Gasteiger partial charge in [0.1, 0.15) is 11.6 Å². The maximum atomic E-state index is 13.5. The summed E-state index contributed by atoms with van der Waals surface area (Å²) >= 11 is 0. The summed E-state index contributed by atoms with van der Waals surface area (Å²) in [6.07, 6.45) is 3.05. The van der Waals surface area contributed by atoms with E-state index in [1.54, 1.807) is 11.8 Å². The lowest BCUT2D eigenvalue weighted by atomic mass is 9.76. The summed E-state index contributed by atoms with van der Waals surface area (Å²) in [5.41, 5.74) is 2.88. The Hall–Kier alpha value is -3.15. The minimum Gasteiger partial charge on any atom is -0.319 e. The number of para-hydroxylation sites is 1. The Kier molecular flexibility index (Phi) is 3.98. The fourth-order valence-electron chi connectivity index (χ4n) is 5.03. The summed E-state index contributed by atoms with van der Waals surface area (Å²) < 4.78 is 0. The molecule has 0 aromatic heterocycles. The lowest BCUT2D eigenvalue weighted by Crippen LogP contribution is -2.51. The molecule has 6 heteroatoms. The van der Waals surface area contributed by atoms with Gasteiger partial charge >= 0.3 is 6.03 Å². The molecule has 5 rings (SSSR count). The van der Waals surface area contributed by atoms with Gasteiger partial charge in [0.25, 0.3) is 5.91 Å². The Bertz CT molecular complexity index is 1030. The molecule has 0 bridgehead atoms. The van der Waals surface area contributed by atoms with Gasteiger partial charge in [-0.25, -0.2) is 9.69 Å². The van der Waals surface area contributed by atoms with Crippen LogP contribution in [0.15, 0.2) is 48.5 Å². The minimum atomic E-state index is -1.05. The number of anilines is 1. The summed E-state index contributed by atoms with van der Waals surface area (Å²) in [7, 11) is 0. The molecule has 148 valence electrons. The van der Waals surface area contributed by atoms with E-state index >= 15 is 0 Å². The standard InChI is InChI=1S/C23H23N3O3/c1-15(20(27)25-14-12-17-8-3-5-11-19(17)25)26-21(28)23(24-22(26)29)13-6-9-16-7-2-4-10-18(16)23/h2-5,7-8,10-11,15H,6,9,12-14H2,1H3,(H,24,29). The molecule has 1 saturated heterocycles. The smallest absolute Gasteiger partial charge is 0.319 e. The fraction of sp³-hybridized carbons (Fsp3) is 0.348. The molecule has 3 aliphatic rings. The van der Waals surface area contributed by atoms with Gasteiger partial charge in [0.2, 0.25) is 5.91 Å². The van der Waals surface area contributed by atoms with Crippen molar-refractivity contribution >= 4 is 23.5 Å². The molecule has 2 aromatic rings. The first kappa shape index (κ1) is 17.9. The van der Waals surface area contributed by atoms with Crippen molar-refractivity contribution < 1.29 is 14.4 Å². The molecule has 1 N–H and O–H groups in total. The molecule has 1 spiro atoms. The fourth-order valence-corrected chi connectivity index (χ4v) is 5.03. The summed E-state index contributed by atoms with van der Waals surface area (Å²) in [6.45, 7) is 2.22. The third-order valence-electron chi connectivity index (χ3n) is 6.50. The van der Waals surface area contributed by atoms with Gasteiger partial charge in [-0.05, 0) is 55.4 Å². The zero-order valence-corrected chi connectivity index (χ0v) is 16.4. The summed E-state index contributed by atoms with van der Waals surface area (Å²) in [6, 6.07) is 14.2. The SMILES string of the molecule is CC(C(=O)N1CCc2ccccc21)N1C(=O)NC2(CCCc3ccccc32)C1=O. The molecule has 6 nitrogen and oxygen atoms in total. The monoisotopic (exact) mass is 389 g/mol. The molecule has 2 heterocycles. The number of rotatable bonds is 2. The predicted octanol–water partition coefficient (Wildman–Crippen LogP) is 2.75. The number of imide groups is 1. The lowest BCUT2D eigenvalue weighted by molar-refractivity contribution is -0.137. The van der Waals surface area contributed by atoms with Crippen LogP contribution in [0.2, 0.25) is 0 Å². The number of amides is 4. The van der Waals surface area contributed by atoms with E-state index in [0.717, 1.165) is 46.5 Å². The molecule has 2 aromatic carbocycles. The van der Waals surface area contributed by atoms with Crippen molar-refractivity contribution in [2.75, 3.05) is 11.4 Å². The summed E-state index contributed by atoms with van der Waals surface area (Å²) in [4.78, 5) is 42.5. The van der Waals surface area contributed by atoms with Gasteiger partial charge in [-0.15, -0.1) is 0 Å². The predicted molar refractivity (Wildman–Crippen MR) is 108 cm³/mol. The van der Waals surface area contributed by atoms with Crippen molar-refractivity contribution in [2.24, 2.45) is 0 Å². The molecule has 29 heavy (non-hydrogen) atoms. The summed E-state index contributed by atoms with van der Waals surface area (Å²) in [5, 5.41) is 2.94. The molecular weight excluding hydrogens is 366 g/mol. The van der Waals surface area contributed by atoms with Crippen LogP contribution >= 0.6 is 0 Å². The first-order chi connectivity index (χ1) is 14.0. The molecule has 0 saturated carbocycles. The van der Waals surface area contributed by atoms with E-state index in [-0.39, 0.29) is 11.8 Å². The normalized spacial score (nSPS) is 23.8. The molecule has 4 amide bonds. The Balaban J connectivity index is 1.46. The molecular formula is C23H23N3O3. The summed E-state index contributed by atoms with van der Waals surface area (Å²) in [5.74, 6) is -0.539. The van der Waals surface area contributed by atoms with Crippen molar-refractivity contribution in [1.29, 1.82) is 0 Å². The van der Waals surface area contributed by atoms with Crippen LogP contribution in [-0.2, 0) is 28.0 Å². The number of nitrogens with zero attached hydrogens (tertiary/aromatic N) is 2. The van der Waals surface area contributed by atoms with Crippen molar-refractivity contribution in [1.82, 2.24) is 10.2 Å². The number of carbonyl (C=O) groups is 3. The number of hydrogen-bond donors (Lipinski definition) is 1. The Morgan fingerprint density at radius 2 is 1.76 bits per heavy atom. The van der Waals surface area contributed by atoms with Gasteiger partial charge in [0.05, 0.1) is 0 Å². The Morgan fingerprint density at radius 1 is 1.03 bits per heavy atom. The quantitative estimate of drug-likeness (QED) is 0.803. The highest BCUT2D eigenvalue weighted by atomic mass is 16.2. The van der Waals surface area contributed by atoms with Gasteiger partial charge in [-0.3, -0.25) is 9.59 Å². The van der Waals surface area contributed by atoms with Crippen LogP contribution in [0.4, 0.5) is 10.5 Å². The average Bonchev–Trinajstić information content (AvgIpc) is 3.27. The number of urea groups is 1.